The van der Waals surface area contributed by atoms with Crippen LogP contribution in [-0.2, 0) is 19.6 Å². The maximum atomic E-state index is 12.1. The summed E-state index contributed by atoms with van der Waals surface area (Å²) in [7, 11) is -2.35. The lowest BCUT2D eigenvalue weighted by molar-refractivity contribution is -0.143. The number of ether oxygens (including phenoxy) is 1. The van der Waals surface area contributed by atoms with Crippen molar-refractivity contribution in [3.63, 3.8) is 0 Å². The molecule has 0 atom stereocenters. The fraction of sp³-hybridized carbons (Fsp3) is 0.455. The molecule has 0 saturated heterocycles. The number of aromatic amines is 1. The van der Waals surface area contributed by atoms with Crippen LogP contribution in [0.15, 0.2) is 28.0 Å². The first-order chi connectivity index (χ1) is 8.87. The first kappa shape index (κ1) is 15.4. The Kier molecular flexibility index (Phi) is 5.25. The van der Waals surface area contributed by atoms with E-state index in [-0.39, 0.29) is 30.0 Å². The van der Waals surface area contributed by atoms with Crippen molar-refractivity contribution in [2.75, 3.05) is 20.2 Å². The van der Waals surface area contributed by atoms with Gasteiger partial charge in [0, 0.05) is 25.9 Å². The summed E-state index contributed by atoms with van der Waals surface area (Å²) in [5.74, 6) is -0.453. The van der Waals surface area contributed by atoms with Crippen LogP contribution in [0.5, 0.6) is 0 Å². The molecule has 1 aromatic rings. The molecule has 7 nitrogen and oxygen atoms in total. The number of pyridine rings is 1. The molecular weight excluding hydrogens is 272 g/mol. The van der Waals surface area contributed by atoms with E-state index in [2.05, 4.69) is 4.98 Å². The summed E-state index contributed by atoms with van der Waals surface area (Å²) in [6.45, 7) is 1.95. The van der Waals surface area contributed by atoms with E-state index in [4.69, 9.17) is 4.74 Å². The summed E-state index contributed by atoms with van der Waals surface area (Å²) < 4.78 is 29.9. The molecule has 0 saturated carbocycles. The molecule has 106 valence electrons. The number of nitrogens with one attached hydrogen (secondary N) is 1. The second-order valence-corrected chi connectivity index (χ2v) is 5.82. The zero-order valence-electron chi connectivity index (χ0n) is 10.8. The average molecular weight is 288 g/mol. The molecule has 0 unspecified atom stereocenters. The van der Waals surface area contributed by atoms with Crippen LogP contribution in [0.3, 0.4) is 0 Å². The fourth-order valence-electron chi connectivity index (χ4n) is 1.34. The minimum Gasteiger partial charge on any atom is -0.466 e. The molecule has 1 heterocycles. The number of hydrogen-bond donors (Lipinski definition) is 1. The number of nitrogens with zero attached hydrogens (tertiary/aromatic N) is 1. The average Bonchev–Trinajstić information content (AvgIpc) is 2.36. The number of esters is 1. The largest absolute Gasteiger partial charge is 0.466 e. The van der Waals surface area contributed by atoms with Crippen LogP contribution >= 0.6 is 0 Å². The van der Waals surface area contributed by atoms with E-state index >= 15 is 0 Å². The molecule has 1 N–H and O–H groups in total. The summed E-state index contributed by atoms with van der Waals surface area (Å²) in [6, 6.07) is 2.35. The lowest BCUT2D eigenvalue weighted by Crippen LogP contribution is -2.30. The van der Waals surface area contributed by atoms with E-state index in [0.717, 1.165) is 16.6 Å². The number of aromatic nitrogens is 1. The molecule has 0 fully saturated rings. The van der Waals surface area contributed by atoms with Crippen LogP contribution in [0.1, 0.15) is 13.3 Å². The van der Waals surface area contributed by atoms with Crippen molar-refractivity contribution in [1.29, 1.82) is 0 Å². The number of hydrogen-bond acceptors (Lipinski definition) is 5. The Balaban J connectivity index is 2.74. The van der Waals surface area contributed by atoms with Gasteiger partial charge in [-0.15, -0.1) is 0 Å². The van der Waals surface area contributed by atoms with E-state index in [0.29, 0.717) is 0 Å². The molecule has 0 aliphatic carbocycles. The van der Waals surface area contributed by atoms with E-state index in [1.54, 1.807) is 6.92 Å². The number of carbonyl (C=O) groups excluding carboxylic acids is 1. The SMILES string of the molecule is CCOC(=O)CCN(C)S(=O)(=O)c1ccc(=O)[nH]c1. The topological polar surface area (TPSA) is 96.5 Å². The summed E-state index contributed by atoms with van der Waals surface area (Å²) in [6.07, 6.45) is 1.10. The van der Waals surface area contributed by atoms with Gasteiger partial charge in [0.1, 0.15) is 0 Å². The highest BCUT2D eigenvalue weighted by molar-refractivity contribution is 7.89. The zero-order chi connectivity index (χ0) is 14.5. The number of H-pyrrole nitrogens is 1. The maximum Gasteiger partial charge on any atom is 0.307 e. The summed E-state index contributed by atoms with van der Waals surface area (Å²) in [5.41, 5.74) is -0.381. The highest BCUT2D eigenvalue weighted by Crippen LogP contribution is 2.11. The van der Waals surface area contributed by atoms with Crippen LogP contribution in [0.2, 0.25) is 0 Å². The Morgan fingerprint density at radius 2 is 2.11 bits per heavy atom. The van der Waals surface area contributed by atoms with Gasteiger partial charge in [-0.1, -0.05) is 0 Å². The predicted molar refractivity (Wildman–Crippen MR) is 68.1 cm³/mol. The van der Waals surface area contributed by atoms with Crippen molar-refractivity contribution in [1.82, 2.24) is 9.29 Å². The molecule has 0 aliphatic rings. The molecule has 1 rings (SSSR count). The molecule has 8 heteroatoms. The quantitative estimate of drug-likeness (QED) is 0.740. The van der Waals surface area contributed by atoms with E-state index in [1.165, 1.54) is 13.1 Å². The first-order valence-electron chi connectivity index (χ1n) is 5.68. The molecule has 0 bridgehead atoms. The highest BCUT2D eigenvalue weighted by Gasteiger charge is 2.21. The van der Waals surface area contributed by atoms with Crippen molar-refractivity contribution in [2.24, 2.45) is 0 Å². The van der Waals surface area contributed by atoms with Crippen LogP contribution in [0, 0.1) is 0 Å². The van der Waals surface area contributed by atoms with Gasteiger partial charge in [0.15, 0.2) is 0 Å². The van der Waals surface area contributed by atoms with Crippen LogP contribution in [0.4, 0.5) is 0 Å². The molecule has 0 amide bonds. The summed E-state index contributed by atoms with van der Waals surface area (Å²) in [4.78, 5) is 24.3. The highest BCUT2D eigenvalue weighted by atomic mass is 32.2. The van der Waals surface area contributed by atoms with Gasteiger partial charge in [0.05, 0.1) is 17.9 Å². The molecule has 19 heavy (non-hydrogen) atoms. The lowest BCUT2D eigenvalue weighted by Gasteiger charge is -2.16. The van der Waals surface area contributed by atoms with Gasteiger partial charge >= 0.3 is 5.97 Å². The van der Waals surface area contributed by atoms with Crippen LogP contribution in [0.25, 0.3) is 0 Å². The molecule has 0 spiro atoms. The Hall–Kier alpha value is -1.67. The molecule has 0 aliphatic heterocycles. The van der Waals surface area contributed by atoms with Crippen molar-refractivity contribution in [3.05, 3.63) is 28.7 Å². The van der Waals surface area contributed by atoms with Gasteiger partial charge in [-0.2, -0.15) is 0 Å². The molecule has 0 aromatic carbocycles. The van der Waals surface area contributed by atoms with Gasteiger partial charge in [-0.25, -0.2) is 12.7 Å². The lowest BCUT2D eigenvalue weighted by atomic mass is 10.4. The van der Waals surface area contributed by atoms with Gasteiger partial charge in [-0.3, -0.25) is 9.59 Å². The van der Waals surface area contributed by atoms with Gasteiger partial charge in [0.2, 0.25) is 15.6 Å². The second-order valence-electron chi connectivity index (χ2n) is 3.77. The second kappa shape index (κ2) is 6.48. The zero-order valence-corrected chi connectivity index (χ0v) is 11.6. The van der Waals surface area contributed by atoms with Crippen molar-refractivity contribution >= 4 is 16.0 Å². The van der Waals surface area contributed by atoms with Crippen molar-refractivity contribution in [2.45, 2.75) is 18.2 Å². The standard InChI is InChI=1S/C11H16N2O5S/c1-3-18-11(15)6-7-13(2)19(16,17)9-4-5-10(14)12-8-9/h4-5,8H,3,6-7H2,1-2H3,(H,12,14). The molecule has 1 aromatic heterocycles. The summed E-state index contributed by atoms with van der Waals surface area (Å²) >= 11 is 0. The summed E-state index contributed by atoms with van der Waals surface area (Å²) in [5, 5.41) is 0. The van der Waals surface area contributed by atoms with Gasteiger partial charge in [0.25, 0.3) is 0 Å². The smallest absolute Gasteiger partial charge is 0.307 e. The van der Waals surface area contributed by atoms with Gasteiger partial charge < -0.3 is 9.72 Å². The fourth-order valence-corrected chi connectivity index (χ4v) is 2.48. The number of carbonyl (C=O) groups is 1. The maximum absolute atomic E-state index is 12.1. The van der Waals surface area contributed by atoms with E-state index in [9.17, 15) is 18.0 Å². The Morgan fingerprint density at radius 3 is 2.63 bits per heavy atom. The minimum atomic E-state index is -3.71. The number of rotatable bonds is 6. The van der Waals surface area contributed by atoms with Crippen LogP contribution in [-0.4, -0.2) is 43.9 Å². The van der Waals surface area contributed by atoms with E-state index in [1.807, 2.05) is 0 Å². The predicted octanol–water partition coefficient (Wildman–Crippen LogP) is -0.0514. The van der Waals surface area contributed by atoms with Crippen LogP contribution < -0.4 is 5.56 Å². The third-order valence-electron chi connectivity index (χ3n) is 2.40. The Labute approximate surface area is 111 Å². The minimum absolute atomic E-state index is 0.0142. The van der Waals surface area contributed by atoms with Crippen molar-refractivity contribution in [3.8, 4) is 0 Å². The third kappa shape index (κ3) is 4.18. The Morgan fingerprint density at radius 1 is 1.42 bits per heavy atom. The monoisotopic (exact) mass is 288 g/mol. The molecular formula is C11H16N2O5S. The van der Waals surface area contributed by atoms with E-state index < -0.39 is 16.0 Å². The van der Waals surface area contributed by atoms with Crippen molar-refractivity contribution < 1.29 is 17.9 Å². The van der Waals surface area contributed by atoms with Gasteiger partial charge in [-0.05, 0) is 13.0 Å². The third-order valence-corrected chi connectivity index (χ3v) is 4.25. The first-order valence-corrected chi connectivity index (χ1v) is 7.12. The Bertz CT molecular complexity index is 573. The normalized spacial score (nSPS) is 11.5. The molecule has 0 radical (unpaired) electrons. The number of sulfonamides is 1.